The maximum Gasteiger partial charge on any atom is 0.323 e. The largest absolute Gasteiger partial charge is 0.460 e. The molecule has 0 spiro atoms. The van der Waals surface area contributed by atoms with Crippen molar-refractivity contribution in [2.45, 2.75) is 32.2 Å². The van der Waals surface area contributed by atoms with E-state index in [2.05, 4.69) is 10.6 Å². The molecule has 0 aliphatic heterocycles. The number of amides is 1. The number of likely N-dealkylation sites (N-methyl/N-ethyl adjacent to an activating group) is 1. The highest BCUT2D eigenvalue weighted by Crippen LogP contribution is 2.23. The summed E-state index contributed by atoms with van der Waals surface area (Å²) in [7, 11) is 1.63. The highest BCUT2D eigenvalue weighted by molar-refractivity contribution is 5.87. The monoisotopic (exact) mass is 455 g/mol. The minimum absolute atomic E-state index is 0.0756. The van der Waals surface area contributed by atoms with Crippen LogP contribution in [0.3, 0.4) is 0 Å². The van der Waals surface area contributed by atoms with E-state index in [4.69, 9.17) is 4.74 Å². The third kappa shape index (κ3) is 5.91. The number of fused-ring (bicyclic) bond motifs is 1. The maximum absolute atomic E-state index is 13.2. The van der Waals surface area contributed by atoms with Gasteiger partial charge in [0.1, 0.15) is 19.2 Å². The number of hydrogen-bond donors (Lipinski definition) is 2. The second-order valence-electron chi connectivity index (χ2n) is 8.19. The van der Waals surface area contributed by atoms with Gasteiger partial charge in [-0.05, 0) is 22.8 Å². The van der Waals surface area contributed by atoms with Crippen molar-refractivity contribution in [1.82, 2.24) is 15.2 Å². The molecule has 0 fully saturated rings. The predicted molar refractivity (Wildman–Crippen MR) is 133 cm³/mol. The molecule has 1 unspecified atom stereocenters. The lowest BCUT2D eigenvalue weighted by molar-refractivity contribution is -0.147. The van der Waals surface area contributed by atoms with Gasteiger partial charge in [0.15, 0.2) is 0 Å². The lowest BCUT2D eigenvalue weighted by Gasteiger charge is -2.18. The van der Waals surface area contributed by atoms with Crippen LogP contribution in [-0.4, -0.2) is 29.5 Å². The Kier molecular flexibility index (Phi) is 7.73. The minimum Gasteiger partial charge on any atom is -0.460 e. The summed E-state index contributed by atoms with van der Waals surface area (Å²) in [6.45, 7) is 0.988. The van der Waals surface area contributed by atoms with Crippen LogP contribution in [0.5, 0.6) is 0 Å². The average molecular weight is 456 g/mol. The van der Waals surface area contributed by atoms with Crippen molar-refractivity contribution in [1.29, 1.82) is 0 Å². The van der Waals surface area contributed by atoms with Crippen molar-refractivity contribution in [3.63, 3.8) is 0 Å². The molecule has 3 aromatic carbocycles. The zero-order valence-electron chi connectivity index (χ0n) is 19.2. The van der Waals surface area contributed by atoms with Gasteiger partial charge >= 0.3 is 5.97 Å². The van der Waals surface area contributed by atoms with Crippen LogP contribution in [-0.2, 0) is 40.4 Å². The molecule has 2 N–H and O–H groups in total. The van der Waals surface area contributed by atoms with E-state index in [1.165, 1.54) is 0 Å². The maximum atomic E-state index is 13.2. The summed E-state index contributed by atoms with van der Waals surface area (Å²) in [6.07, 6.45) is 2.41. The summed E-state index contributed by atoms with van der Waals surface area (Å²) in [5, 5.41) is 7.08. The van der Waals surface area contributed by atoms with Gasteiger partial charge in [-0.2, -0.15) is 0 Å². The summed E-state index contributed by atoms with van der Waals surface area (Å²) < 4.78 is 7.60. The number of carbonyl (C=O) groups excluding carboxylic acids is 2. The molecule has 174 valence electrons. The molecule has 1 aromatic heterocycles. The van der Waals surface area contributed by atoms with Gasteiger partial charge in [-0.25, -0.2) is 0 Å². The summed E-state index contributed by atoms with van der Waals surface area (Å²) in [5.41, 5.74) is 3.98. The normalized spacial score (nSPS) is 11.8. The van der Waals surface area contributed by atoms with Gasteiger partial charge in [0.2, 0.25) is 5.91 Å². The second kappa shape index (κ2) is 11.3. The highest BCUT2D eigenvalue weighted by atomic mass is 16.5. The number of ether oxygens (including phenoxy) is 1. The molecule has 0 saturated carbocycles. The first-order valence-corrected chi connectivity index (χ1v) is 11.4. The first-order chi connectivity index (χ1) is 16.6. The van der Waals surface area contributed by atoms with E-state index in [0.29, 0.717) is 13.0 Å². The Hall–Kier alpha value is -3.90. The first-order valence-electron chi connectivity index (χ1n) is 11.4. The molecule has 4 aromatic rings. The quantitative estimate of drug-likeness (QED) is 0.357. The van der Waals surface area contributed by atoms with Gasteiger partial charge in [-0.15, -0.1) is 0 Å². The van der Waals surface area contributed by atoms with E-state index in [1.807, 2.05) is 95.7 Å². The Morgan fingerprint density at radius 3 is 2.24 bits per heavy atom. The highest BCUT2D eigenvalue weighted by Gasteiger charge is 2.23. The number of nitrogens with one attached hydrogen (secondary N) is 2. The number of aromatic nitrogens is 1. The molecule has 1 atom stereocenters. The first kappa shape index (κ1) is 23.3. The SMILES string of the molecule is CNC(=O)Cn1cc(CC(NCc2ccccc2)C(=O)OCc2ccccc2)c2ccccc21. The number of hydrogen-bond acceptors (Lipinski definition) is 4. The number of esters is 1. The van der Waals surface area contributed by atoms with E-state index in [0.717, 1.165) is 27.6 Å². The van der Waals surface area contributed by atoms with Crippen LogP contribution in [0, 0.1) is 0 Å². The molecule has 34 heavy (non-hydrogen) atoms. The lowest BCUT2D eigenvalue weighted by Crippen LogP contribution is -2.39. The second-order valence-corrected chi connectivity index (χ2v) is 8.19. The summed E-state index contributed by atoms with van der Waals surface area (Å²) >= 11 is 0. The van der Waals surface area contributed by atoms with Crippen molar-refractivity contribution >= 4 is 22.8 Å². The van der Waals surface area contributed by atoms with Gasteiger partial charge < -0.3 is 19.9 Å². The fourth-order valence-electron chi connectivity index (χ4n) is 3.98. The van der Waals surface area contributed by atoms with Crippen molar-refractivity contribution < 1.29 is 14.3 Å². The third-order valence-corrected chi connectivity index (χ3v) is 5.79. The molecular formula is C28H29N3O3. The molecule has 0 aliphatic rings. The van der Waals surface area contributed by atoms with Gasteiger partial charge in [-0.3, -0.25) is 9.59 Å². The number of rotatable bonds is 10. The summed E-state index contributed by atoms with van der Waals surface area (Å²) in [4.78, 5) is 25.2. The number of benzene rings is 3. The van der Waals surface area contributed by atoms with E-state index >= 15 is 0 Å². The van der Waals surface area contributed by atoms with Crippen molar-refractivity contribution in [2.75, 3.05) is 7.05 Å². The zero-order chi connectivity index (χ0) is 23.8. The summed E-state index contributed by atoms with van der Waals surface area (Å²) in [6, 6.07) is 27.0. The van der Waals surface area contributed by atoms with E-state index < -0.39 is 6.04 Å². The molecule has 6 heteroatoms. The molecule has 0 bridgehead atoms. The molecule has 4 rings (SSSR count). The molecular weight excluding hydrogens is 426 g/mol. The van der Waals surface area contributed by atoms with Gasteiger partial charge in [0.25, 0.3) is 0 Å². The van der Waals surface area contributed by atoms with Crippen LogP contribution in [0.1, 0.15) is 16.7 Å². The van der Waals surface area contributed by atoms with Gasteiger partial charge in [-0.1, -0.05) is 78.9 Å². The molecule has 0 aliphatic carbocycles. The molecule has 1 heterocycles. The van der Waals surface area contributed by atoms with Crippen molar-refractivity contribution in [3.05, 3.63) is 108 Å². The Balaban J connectivity index is 1.56. The zero-order valence-corrected chi connectivity index (χ0v) is 19.2. The Bertz CT molecular complexity index is 1240. The van der Waals surface area contributed by atoms with E-state index in [1.54, 1.807) is 7.05 Å². The molecule has 0 radical (unpaired) electrons. The average Bonchev–Trinajstić information content (AvgIpc) is 3.23. The number of nitrogens with zero attached hydrogens (tertiary/aromatic N) is 1. The van der Waals surface area contributed by atoms with Gasteiger partial charge in [0.05, 0.1) is 0 Å². The summed E-state index contributed by atoms with van der Waals surface area (Å²) in [5.74, 6) is -0.378. The van der Waals surface area contributed by atoms with Crippen LogP contribution in [0.25, 0.3) is 10.9 Å². The number of carbonyl (C=O) groups is 2. The van der Waals surface area contributed by atoms with Crippen molar-refractivity contribution in [2.24, 2.45) is 0 Å². The topological polar surface area (TPSA) is 72.4 Å². The Morgan fingerprint density at radius 1 is 0.882 bits per heavy atom. The smallest absolute Gasteiger partial charge is 0.323 e. The Labute approximate surface area is 199 Å². The van der Waals surface area contributed by atoms with Crippen molar-refractivity contribution in [3.8, 4) is 0 Å². The minimum atomic E-state index is -0.539. The molecule has 0 saturated heterocycles. The van der Waals surface area contributed by atoms with Crippen LogP contribution in [0.15, 0.2) is 91.1 Å². The fraction of sp³-hybridized carbons (Fsp3) is 0.214. The van der Waals surface area contributed by atoms with Crippen LogP contribution < -0.4 is 10.6 Å². The Morgan fingerprint density at radius 2 is 1.53 bits per heavy atom. The molecule has 6 nitrogen and oxygen atoms in total. The lowest BCUT2D eigenvalue weighted by atomic mass is 10.0. The third-order valence-electron chi connectivity index (χ3n) is 5.79. The van der Waals surface area contributed by atoms with Gasteiger partial charge in [0, 0.05) is 37.1 Å². The standard InChI is InChI=1S/C28H29N3O3/c1-29-27(32)19-31-18-23(24-14-8-9-15-26(24)31)16-25(30-17-21-10-4-2-5-11-21)28(33)34-20-22-12-6-3-7-13-22/h2-15,18,25,30H,16-17,19-20H2,1H3,(H,29,32). The van der Waals surface area contributed by atoms with E-state index in [9.17, 15) is 9.59 Å². The fourth-order valence-corrected chi connectivity index (χ4v) is 3.98. The predicted octanol–water partition coefficient (Wildman–Crippen LogP) is 3.83. The number of para-hydroxylation sites is 1. The van der Waals surface area contributed by atoms with E-state index in [-0.39, 0.29) is 25.0 Å². The van der Waals surface area contributed by atoms with Crippen LogP contribution >= 0.6 is 0 Å². The van der Waals surface area contributed by atoms with Crippen LogP contribution in [0.4, 0.5) is 0 Å². The molecule has 1 amide bonds. The van der Waals surface area contributed by atoms with Crippen LogP contribution in [0.2, 0.25) is 0 Å².